The van der Waals surface area contributed by atoms with Crippen LogP contribution in [0.15, 0.2) is 63.5 Å². The van der Waals surface area contributed by atoms with Crippen LogP contribution < -0.4 is 0 Å². The highest BCUT2D eigenvalue weighted by Crippen LogP contribution is 2.33. The maximum atomic E-state index is 12.2. The number of esters is 1. The van der Waals surface area contributed by atoms with Gasteiger partial charge in [-0.1, -0.05) is 65.3 Å². The van der Waals surface area contributed by atoms with Crippen LogP contribution in [0.2, 0.25) is 0 Å². The minimum atomic E-state index is -0.517. The van der Waals surface area contributed by atoms with Crippen molar-refractivity contribution in [3.63, 3.8) is 0 Å². The number of aryl methyl sites for hydroxylation is 2. The SMILES string of the molecule is Cc1ccc(C(=O)CCC(=O)OCc2nnc(-c3c(-c4ccccc4)noc3C)o2)cc1. The Morgan fingerprint density at radius 3 is 2.44 bits per heavy atom. The Morgan fingerprint density at radius 2 is 1.69 bits per heavy atom. The average Bonchev–Trinajstić information content (AvgIpc) is 3.43. The molecule has 0 aliphatic carbocycles. The van der Waals surface area contributed by atoms with E-state index < -0.39 is 5.97 Å². The summed E-state index contributed by atoms with van der Waals surface area (Å²) in [5.74, 6) is 0.265. The summed E-state index contributed by atoms with van der Waals surface area (Å²) in [5.41, 5.74) is 3.67. The second-order valence-electron chi connectivity index (χ2n) is 7.28. The third-order valence-electron chi connectivity index (χ3n) is 4.88. The fraction of sp³-hybridized carbons (Fsp3) is 0.208. The lowest BCUT2D eigenvalue weighted by Gasteiger charge is -2.03. The first-order chi connectivity index (χ1) is 15.5. The van der Waals surface area contributed by atoms with Crippen molar-refractivity contribution in [1.29, 1.82) is 0 Å². The van der Waals surface area contributed by atoms with Crippen LogP contribution in [-0.2, 0) is 16.1 Å². The number of Topliss-reactive ketones (excluding diaryl/α,β-unsaturated/α-hetero) is 1. The predicted molar refractivity (Wildman–Crippen MR) is 115 cm³/mol. The van der Waals surface area contributed by atoms with Gasteiger partial charge in [0.2, 0.25) is 0 Å². The van der Waals surface area contributed by atoms with Gasteiger partial charge < -0.3 is 13.7 Å². The quantitative estimate of drug-likeness (QED) is 0.291. The molecule has 0 unspecified atom stereocenters. The van der Waals surface area contributed by atoms with Crippen LogP contribution in [0.4, 0.5) is 0 Å². The molecule has 0 fully saturated rings. The standard InChI is InChI=1S/C24H21N3O5/c1-15-8-10-17(11-9-15)19(28)12-13-21(29)30-14-20-25-26-24(31-20)22-16(2)32-27-23(22)18-6-4-3-5-7-18/h3-11H,12-14H2,1-2H3. The zero-order valence-corrected chi connectivity index (χ0v) is 17.7. The molecule has 8 nitrogen and oxygen atoms in total. The van der Waals surface area contributed by atoms with Gasteiger partial charge in [0.25, 0.3) is 11.8 Å². The Balaban J connectivity index is 1.35. The Kier molecular flexibility index (Phi) is 6.21. The highest BCUT2D eigenvalue weighted by atomic mass is 16.5. The van der Waals surface area contributed by atoms with Crippen molar-refractivity contribution in [2.75, 3.05) is 0 Å². The lowest BCUT2D eigenvalue weighted by Crippen LogP contribution is -2.08. The first-order valence-corrected chi connectivity index (χ1v) is 10.1. The number of nitrogens with zero attached hydrogens (tertiary/aromatic N) is 3. The average molecular weight is 431 g/mol. The number of carbonyl (C=O) groups excluding carboxylic acids is 2. The molecule has 32 heavy (non-hydrogen) atoms. The molecule has 8 heteroatoms. The molecule has 4 rings (SSSR count). The molecule has 0 amide bonds. The van der Waals surface area contributed by atoms with E-state index in [2.05, 4.69) is 15.4 Å². The summed E-state index contributed by atoms with van der Waals surface area (Å²) < 4.78 is 16.2. The monoisotopic (exact) mass is 431 g/mol. The van der Waals surface area contributed by atoms with Crippen molar-refractivity contribution < 1.29 is 23.3 Å². The molecule has 2 heterocycles. The Bertz CT molecular complexity index is 1230. The second kappa shape index (κ2) is 9.38. The molecule has 162 valence electrons. The van der Waals surface area contributed by atoms with E-state index >= 15 is 0 Å². The van der Waals surface area contributed by atoms with Gasteiger partial charge in [0.05, 0.1) is 6.42 Å². The number of rotatable bonds is 8. The van der Waals surface area contributed by atoms with Gasteiger partial charge >= 0.3 is 5.97 Å². The minimum absolute atomic E-state index is 0.0311. The fourth-order valence-corrected chi connectivity index (χ4v) is 3.14. The van der Waals surface area contributed by atoms with Crippen LogP contribution in [0.1, 0.15) is 40.4 Å². The molecular formula is C24H21N3O5. The molecule has 0 N–H and O–H groups in total. The van der Waals surface area contributed by atoms with Crippen molar-refractivity contribution in [3.05, 3.63) is 77.4 Å². The minimum Gasteiger partial charge on any atom is -0.456 e. The van der Waals surface area contributed by atoms with Crippen LogP contribution in [0.5, 0.6) is 0 Å². The van der Waals surface area contributed by atoms with Crippen molar-refractivity contribution in [2.45, 2.75) is 33.3 Å². The van der Waals surface area contributed by atoms with Gasteiger partial charge in [-0.15, -0.1) is 10.2 Å². The van der Waals surface area contributed by atoms with E-state index in [9.17, 15) is 9.59 Å². The summed E-state index contributed by atoms with van der Waals surface area (Å²) in [4.78, 5) is 24.2. The van der Waals surface area contributed by atoms with Gasteiger partial charge in [0.1, 0.15) is 17.0 Å². The topological polar surface area (TPSA) is 108 Å². The number of ether oxygens (including phenoxy) is 1. The van der Waals surface area contributed by atoms with Crippen LogP contribution in [-0.4, -0.2) is 27.1 Å². The number of carbonyl (C=O) groups is 2. The molecule has 0 spiro atoms. The van der Waals surface area contributed by atoms with E-state index in [1.807, 2.05) is 49.4 Å². The lowest BCUT2D eigenvalue weighted by molar-refractivity contribution is -0.145. The summed E-state index contributed by atoms with van der Waals surface area (Å²) in [6.07, 6.45) is 0.0356. The van der Waals surface area contributed by atoms with Gasteiger partial charge in [0, 0.05) is 17.5 Å². The molecule has 0 atom stereocenters. The van der Waals surface area contributed by atoms with Gasteiger partial charge in [-0.2, -0.15) is 0 Å². The number of ketones is 1. The molecule has 0 bridgehead atoms. The fourth-order valence-electron chi connectivity index (χ4n) is 3.14. The summed E-state index contributed by atoms with van der Waals surface area (Å²) in [6.45, 7) is 3.51. The van der Waals surface area contributed by atoms with E-state index in [-0.39, 0.29) is 37.0 Å². The number of hydrogen-bond acceptors (Lipinski definition) is 8. The second-order valence-corrected chi connectivity index (χ2v) is 7.28. The van der Waals surface area contributed by atoms with Crippen molar-refractivity contribution in [3.8, 4) is 22.7 Å². The van der Waals surface area contributed by atoms with E-state index in [1.165, 1.54) is 0 Å². The lowest BCUT2D eigenvalue weighted by atomic mass is 10.1. The predicted octanol–water partition coefficient (Wildman–Crippen LogP) is 4.71. The van der Waals surface area contributed by atoms with Crippen molar-refractivity contribution in [1.82, 2.24) is 15.4 Å². The molecular weight excluding hydrogens is 410 g/mol. The third-order valence-corrected chi connectivity index (χ3v) is 4.88. The highest BCUT2D eigenvalue weighted by Gasteiger charge is 2.22. The summed E-state index contributed by atoms with van der Waals surface area (Å²) in [5, 5.41) is 12.1. The van der Waals surface area contributed by atoms with Crippen LogP contribution in [0, 0.1) is 13.8 Å². The summed E-state index contributed by atoms with van der Waals surface area (Å²) in [6, 6.07) is 16.7. The van der Waals surface area contributed by atoms with Gasteiger partial charge in [0.15, 0.2) is 12.4 Å². The van der Waals surface area contributed by atoms with Crippen LogP contribution in [0.3, 0.4) is 0 Å². The van der Waals surface area contributed by atoms with E-state index in [1.54, 1.807) is 19.1 Å². The van der Waals surface area contributed by atoms with Crippen molar-refractivity contribution in [2.24, 2.45) is 0 Å². The zero-order valence-electron chi connectivity index (χ0n) is 17.7. The Hall–Kier alpha value is -4.07. The Labute approximate surface area is 184 Å². The first kappa shape index (κ1) is 21.2. The van der Waals surface area contributed by atoms with E-state index in [0.717, 1.165) is 11.1 Å². The van der Waals surface area contributed by atoms with E-state index in [4.69, 9.17) is 13.7 Å². The molecule has 0 radical (unpaired) electrons. The molecule has 0 saturated heterocycles. The highest BCUT2D eigenvalue weighted by molar-refractivity contribution is 5.97. The third kappa shape index (κ3) is 4.80. The maximum absolute atomic E-state index is 12.2. The van der Waals surface area contributed by atoms with E-state index in [0.29, 0.717) is 22.6 Å². The zero-order chi connectivity index (χ0) is 22.5. The number of benzene rings is 2. The number of hydrogen-bond donors (Lipinski definition) is 0. The molecule has 4 aromatic rings. The smallest absolute Gasteiger partial charge is 0.306 e. The van der Waals surface area contributed by atoms with Gasteiger partial charge in [-0.3, -0.25) is 9.59 Å². The molecule has 0 saturated carbocycles. The molecule has 2 aromatic carbocycles. The summed E-state index contributed by atoms with van der Waals surface area (Å²) >= 11 is 0. The van der Waals surface area contributed by atoms with Crippen molar-refractivity contribution >= 4 is 11.8 Å². The largest absolute Gasteiger partial charge is 0.456 e. The maximum Gasteiger partial charge on any atom is 0.306 e. The van der Waals surface area contributed by atoms with Gasteiger partial charge in [-0.25, -0.2) is 0 Å². The van der Waals surface area contributed by atoms with Crippen LogP contribution >= 0.6 is 0 Å². The Morgan fingerprint density at radius 1 is 0.938 bits per heavy atom. The normalized spacial score (nSPS) is 10.8. The number of aromatic nitrogens is 3. The molecule has 0 aliphatic heterocycles. The molecule has 0 aliphatic rings. The molecule has 2 aromatic heterocycles. The first-order valence-electron chi connectivity index (χ1n) is 10.1. The summed E-state index contributed by atoms with van der Waals surface area (Å²) in [7, 11) is 0. The van der Waals surface area contributed by atoms with Crippen LogP contribution in [0.25, 0.3) is 22.7 Å². The van der Waals surface area contributed by atoms with Gasteiger partial charge in [-0.05, 0) is 13.8 Å².